The number of hydrogen-bond acceptors (Lipinski definition) is 4. The summed E-state index contributed by atoms with van der Waals surface area (Å²) >= 11 is 0. The molecule has 0 aromatic heterocycles. The average molecular weight is 378 g/mol. The first-order valence-corrected chi connectivity index (χ1v) is 9.51. The second-order valence-corrected chi connectivity index (χ2v) is 7.85. The summed E-state index contributed by atoms with van der Waals surface area (Å²) in [6, 6.07) is 9.54. The Morgan fingerprint density at radius 3 is 2.50 bits per heavy atom. The van der Waals surface area contributed by atoms with Crippen LogP contribution in [0.4, 0.5) is 10.1 Å². The average Bonchev–Trinajstić information content (AvgIpc) is 2.95. The normalized spacial score (nSPS) is 17.6. The van der Waals surface area contributed by atoms with Gasteiger partial charge in [0.05, 0.1) is 12.0 Å². The Morgan fingerprint density at radius 1 is 1.19 bits per heavy atom. The minimum Gasteiger partial charge on any atom is -0.496 e. The van der Waals surface area contributed by atoms with E-state index in [-0.39, 0.29) is 23.8 Å². The van der Waals surface area contributed by atoms with Gasteiger partial charge in [-0.05, 0) is 55.0 Å². The van der Waals surface area contributed by atoms with Gasteiger partial charge in [0.25, 0.3) is 0 Å². The van der Waals surface area contributed by atoms with Crippen LogP contribution in [-0.2, 0) is 14.8 Å². The molecule has 0 radical (unpaired) electrons. The van der Waals surface area contributed by atoms with Crippen molar-refractivity contribution in [3.05, 3.63) is 53.8 Å². The van der Waals surface area contributed by atoms with Crippen LogP contribution in [0.25, 0.3) is 0 Å². The van der Waals surface area contributed by atoms with Gasteiger partial charge >= 0.3 is 0 Å². The Kier molecular flexibility index (Phi) is 4.97. The predicted octanol–water partition coefficient (Wildman–Crippen LogP) is 2.23. The Labute approximate surface area is 151 Å². The summed E-state index contributed by atoms with van der Waals surface area (Å²) < 4.78 is 46.0. The van der Waals surface area contributed by atoms with E-state index in [0.717, 1.165) is 0 Å². The first-order chi connectivity index (χ1) is 12.3. The lowest BCUT2D eigenvalue weighted by Gasteiger charge is -2.17. The fourth-order valence-corrected chi connectivity index (χ4v) is 4.27. The standard InChI is InChI=1S/C18H19FN2O4S/c1-12-9-16(7-8-17(12)25-2)26(23,24)20-14-10-18(22)21(11-14)15-5-3-13(19)4-6-15/h3-9,14,20H,10-11H2,1-2H3. The highest BCUT2D eigenvalue weighted by molar-refractivity contribution is 7.89. The number of methoxy groups -OCH3 is 1. The van der Waals surface area contributed by atoms with Crippen molar-refractivity contribution in [2.24, 2.45) is 0 Å². The van der Waals surface area contributed by atoms with E-state index in [1.165, 1.54) is 48.4 Å². The number of carbonyl (C=O) groups is 1. The van der Waals surface area contributed by atoms with Crippen molar-refractivity contribution in [2.75, 3.05) is 18.6 Å². The molecule has 2 aromatic carbocycles. The van der Waals surface area contributed by atoms with Crippen molar-refractivity contribution < 1.29 is 22.3 Å². The number of amides is 1. The summed E-state index contributed by atoms with van der Waals surface area (Å²) in [5.41, 5.74) is 1.24. The number of rotatable bonds is 5. The van der Waals surface area contributed by atoms with E-state index in [1.807, 2.05) is 0 Å². The van der Waals surface area contributed by atoms with Gasteiger partial charge in [0.1, 0.15) is 11.6 Å². The summed E-state index contributed by atoms with van der Waals surface area (Å²) in [5, 5.41) is 0. The summed E-state index contributed by atoms with van der Waals surface area (Å²) in [7, 11) is -2.25. The molecule has 0 spiro atoms. The van der Waals surface area contributed by atoms with Gasteiger partial charge in [-0.1, -0.05) is 0 Å². The molecule has 1 aliphatic heterocycles. The molecule has 2 aromatic rings. The van der Waals surface area contributed by atoms with Crippen molar-refractivity contribution in [3.8, 4) is 5.75 Å². The lowest BCUT2D eigenvalue weighted by Crippen LogP contribution is -2.37. The lowest BCUT2D eigenvalue weighted by molar-refractivity contribution is -0.117. The number of anilines is 1. The third kappa shape index (κ3) is 3.71. The molecule has 1 unspecified atom stereocenters. The van der Waals surface area contributed by atoms with E-state index in [2.05, 4.69) is 4.72 Å². The van der Waals surface area contributed by atoms with E-state index in [0.29, 0.717) is 17.0 Å². The molecule has 8 heteroatoms. The molecule has 1 saturated heterocycles. The topological polar surface area (TPSA) is 75.7 Å². The molecule has 1 atom stereocenters. The maximum Gasteiger partial charge on any atom is 0.240 e. The molecule has 0 saturated carbocycles. The summed E-state index contributed by atoms with van der Waals surface area (Å²) in [6.45, 7) is 1.95. The van der Waals surface area contributed by atoms with Crippen LogP contribution in [0.5, 0.6) is 5.75 Å². The van der Waals surface area contributed by atoms with Crippen molar-refractivity contribution >= 4 is 21.6 Å². The lowest BCUT2D eigenvalue weighted by atomic mass is 10.2. The largest absolute Gasteiger partial charge is 0.496 e. The Morgan fingerprint density at radius 2 is 1.88 bits per heavy atom. The summed E-state index contributed by atoms with van der Waals surface area (Å²) in [6.07, 6.45) is 0.0474. The monoisotopic (exact) mass is 378 g/mol. The molecule has 1 aliphatic rings. The summed E-state index contributed by atoms with van der Waals surface area (Å²) in [4.78, 5) is 13.8. The van der Waals surface area contributed by atoms with Gasteiger partial charge in [-0.25, -0.2) is 17.5 Å². The zero-order valence-electron chi connectivity index (χ0n) is 14.4. The van der Waals surface area contributed by atoms with Gasteiger partial charge in [0.15, 0.2) is 0 Å². The Hall–Kier alpha value is -2.45. The molecule has 3 rings (SSSR count). The molecule has 26 heavy (non-hydrogen) atoms. The molecular formula is C18H19FN2O4S. The number of nitrogens with zero attached hydrogens (tertiary/aromatic N) is 1. The van der Waals surface area contributed by atoms with Crippen LogP contribution in [0.1, 0.15) is 12.0 Å². The Bertz CT molecular complexity index is 929. The molecule has 1 amide bonds. The van der Waals surface area contributed by atoms with Crippen molar-refractivity contribution in [3.63, 3.8) is 0 Å². The number of carbonyl (C=O) groups excluding carboxylic acids is 1. The first kappa shape index (κ1) is 18.3. The molecule has 1 fully saturated rings. The van der Waals surface area contributed by atoms with Gasteiger partial charge < -0.3 is 9.64 Å². The van der Waals surface area contributed by atoms with Crippen LogP contribution < -0.4 is 14.4 Å². The molecular weight excluding hydrogens is 359 g/mol. The quantitative estimate of drug-likeness (QED) is 0.866. The van der Waals surface area contributed by atoms with Crippen molar-refractivity contribution in [1.29, 1.82) is 0 Å². The molecule has 0 bridgehead atoms. The molecule has 6 nitrogen and oxygen atoms in total. The molecule has 138 valence electrons. The second kappa shape index (κ2) is 7.05. The number of hydrogen-bond donors (Lipinski definition) is 1. The maximum absolute atomic E-state index is 13.0. The minimum atomic E-state index is -3.77. The highest BCUT2D eigenvalue weighted by Gasteiger charge is 2.33. The van der Waals surface area contributed by atoms with Gasteiger partial charge in [0, 0.05) is 24.7 Å². The van der Waals surface area contributed by atoms with Crippen LogP contribution in [-0.4, -0.2) is 34.0 Å². The van der Waals surface area contributed by atoms with E-state index in [1.54, 1.807) is 13.0 Å². The van der Waals surface area contributed by atoms with Crippen LogP contribution >= 0.6 is 0 Å². The van der Waals surface area contributed by atoms with E-state index in [9.17, 15) is 17.6 Å². The van der Waals surface area contributed by atoms with Gasteiger partial charge in [-0.15, -0.1) is 0 Å². The second-order valence-electron chi connectivity index (χ2n) is 6.13. The van der Waals surface area contributed by atoms with Crippen LogP contribution in [0, 0.1) is 12.7 Å². The predicted molar refractivity (Wildman–Crippen MR) is 95.2 cm³/mol. The van der Waals surface area contributed by atoms with Crippen LogP contribution in [0.15, 0.2) is 47.4 Å². The zero-order chi connectivity index (χ0) is 18.9. The van der Waals surface area contributed by atoms with Crippen molar-refractivity contribution in [2.45, 2.75) is 24.3 Å². The fraction of sp³-hybridized carbons (Fsp3) is 0.278. The number of sulfonamides is 1. The molecule has 1 N–H and O–H groups in total. The van der Waals surface area contributed by atoms with E-state index in [4.69, 9.17) is 4.74 Å². The summed E-state index contributed by atoms with van der Waals surface area (Å²) in [5.74, 6) is -0.00905. The van der Waals surface area contributed by atoms with Crippen LogP contribution in [0.2, 0.25) is 0 Å². The van der Waals surface area contributed by atoms with Gasteiger partial charge in [-0.3, -0.25) is 4.79 Å². The number of benzene rings is 2. The van der Waals surface area contributed by atoms with Crippen molar-refractivity contribution in [1.82, 2.24) is 4.72 Å². The first-order valence-electron chi connectivity index (χ1n) is 8.03. The van der Waals surface area contributed by atoms with E-state index >= 15 is 0 Å². The fourth-order valence-electron chi connectivity index (χ4n) is 2.96. The van der Waals surface area contributed by atoms with Gasteiger partial charge in [0.2, 0.25) is 15.9 Å². The SMILES string of the molecule is COc1ccc(S(=O)(=O)NC2CC(=O)N(c3ccc(F)cc3)C2)cc1C. The highest BCUT2D eigenvalue weighted by Crippen LogP contribution is 2.24. The maximum atomic E-state index is 13.0. The minimum absolute atomic E-state index is 0.0474. The number of ether oxygens (including phenoxy) is 1. The van der Waals surface area contributed by atoms with Gasteiger partial charge in [-0.2, -0.15) is 0 Å². The number of nitrogens with one attached hydrogen (secondary N) is 1. The van der Waals surface area contributed by atoms with E-state index < -0.39 is 21.9 Å². The molecule has 1 heterocycles. The third-order valence-corrected chi connectivity index (χ3v) is 5.78. The Balaban J connectivity index is 1.75. The highest BCUT2D eigenvalue weighted by atomic mass is 32.2. The zero-order valence-corrected chi connectivity index (χ0v) is 15.2. The third-order valence-electron chi connectivity index (χ3n) is 4.26. The number of halogens is 1. The smallest absolute Gasteiger partial charge is 0.240 e. The van der Waals surface area contributed by atoms with Crippen LogP contribution in [0.3, 0.4) is 0 Å². The molecule has 0 aliphatic carbocycles. The number of aryl methyl sites for hydroxylation is 1.